The molecule has 25 heavy (non-hydrogen) atoms. The van der Waals surface area contributed by atoms with Crippen LogP contribution >= 0.6 is 0 Å². The average molecular weight is 355 g/mol. The van der Waals surface area contributed by atoms with E-state index >= 15 is 0 Å². The minimum atomic E-state index is 0.0134. The van der Waals surface area contributed by atoms with Gasteiger partial charge in [0.2, 0.25) is 0 Å². The highest BCUT2D eigenvalue weighted by molar-refractivity contribution is 5.69. The Morgan fingerprint density at radius 1 is 0.720 bits per heavy atom. The third-order valence-corrected chi connectivity index (χ3v) is 5.13. The summed E-state index contributed by atoms with van der Waals surface area (Å²) in [7, 11) is 0. The predicted octanol–water partition coefficient (Wildman–Crippen LogP) is 7.69. The first-order valence-corrected chi connectivity index (χ1v) is 11.3. The molecule has 150 valence electrons. The average Bonchev–Trinajstić information content (AvgIpc) is 2.58. The van der Waals surface area contributed by atoms with E-state index in [1.165, 1.54) is 70.6 Å². The van der Waals surface area contributed by atoms with Crippen LogP contribution in [-0.2, 0) is 9.53 Å². The fraction of sp³-hybridized carbons (Fsp3) is 0.957. The van der Waals surface area contributed by atoms with Crippen molar-refractivity contribution in [2.75, 3.05) is 6.61 Å². The van der Waals surface area contributed by atoms with E-state index in [4.69, 9.17) is 4.74 Å². The molecule has 0 N–H and O–H groups in total. The summed E-state index contributed by atoms with van der Waals surface area (Å²) in [6, 6.07) is 0. The summed E-state index contributed by atoms with van der Waals surface area (Å²) >= 11 is 0. The van der Waals surface area contributed by atoms with Crippen molar-refractivity contribution in [3.63, 3.8) is 0 Å². The molecule has 0 aromatic rings. The lowest BCUT2D eigenvalue weighted by Gasteiger charge is -2.17. The van der Waals surface area contributed by atoms with Crippen molar-refractivity contribution in [3.8, 4) is 0 Å². The van der Waals surface area contributed by atoms with Crippen LogP contribution in [0.25, 0.3) is 0 Å². The molecule has 0 saturated heterocycles. The van der Waals surface area contributed by atoms with Crippen molar-refractivity contribution in [2.24, 2.45) is 11.8 Å². The molecule has 0 fully saturated rings. The zero-order chi connectivity index (χ0) is 18.8. The topological polar surface area (TPSA) is 26.3 Å². The van der Waals surface area contributed by atoms with Crippen LogP contribution in [0, 0.1) is 11.8 Å². The van der Waals surface area contributed by atoms with Crippen LogP contribution < -0.4 is 0 Å². The Morgan fingerprint density at radius 2 is 1.28 bits per heavy atom. The van der Waals surface area contributed by atoms with Crippen LogP contribution in [-0.4, -0.2) is 12.6 Å². The van der Waals surface area contributed by atoms with Gasteiger partial charge in [-0.25, -0.2) is 0 Å². The van der Waals surface area contributed by atoms with Crippen LogP contribution in [0.15, 0.2) is 0 Å². The lowest BCUT2D eigenvalue weighted by molar-refractivity contribution is -0.144. The maximum atomic E-state index is 11.8. The Labute approximate surface area is 158 Å². The first-order chi connectivity index (χ1) is 12.1. The molecule has 0 unspecified atom stereocenters. The lowest BCUT2D eigenvalue weighted by Crippen LogP contribution is -2.10. The van der Waals surface area contributed by atoms with Crippen molar-refractivity contribution >= 4 is 5.97 Å². The summed E-state index contributed by atoms with van der Waals surface area (Å²) in [6.07, 6.45) is 18.4. The zero-order valence-electron chi connectivity index (χ0n) is 17.8. The molecule has 0 aliphatic carbocycles. The smallest absolute Gasteiger partial charge is 0.305 e. The molecule has 0 spiro atoms. The summed E-state index contributed by atoms with van der Waals surface area (Å²) in [5.41, 5.74) is 0. The predicted molar refractivity (Wildman–Crippen MR) is 110 cm³/mol. The summed E-state index contributed by atoms with van der Waals surface area (Å²) in [4.78, 5) is 11.8. The van der Waals surface area contributed by atoms with Gasteiger partial charge in [-0.15, -0.1) is 0 Å². The zero-order valence-corrected chi connectivity index (χ0v) is 17.8. The van der Waals surface area contributed by atoms with Crippen molar-refractivity contribution in [1.29, 1.82) is 0 Å². The van der Waals surface area contributed by atoms with Gasteiger partial charge in [-0.05, 0) is 24.7 Å². The van der Waals surface area contributed by atoms with Crippen LogP contribution in [0.1, 0.15) is 124 Å². The van der Waals surface area contributed by atoms with E-state index in [-0.39, 0.29) is 5.97 Å². The molecule has 2 nitrogen and oxygen atoms in total. The third kappa shape index (κ3) is 18.1. The third-order valence-electron chi connectivity index (χ3n) is 5.13. The summed E-state index contributed by atoms with van der Waals surface area (Å²) < 4.78 is 5.50. The van der Waals surface area contributed by atoms with E-state index in [0.29, 0.717) is 13.0 Å². The largest absolute Gasteiger partial charge is 0.466 e. The van der Waals surface area contributed by atoms with Gasteiger partial charge in [-0.2, -0.15) is 0 Å². The molecule has 0 aromatic carbocycles. The second-order valence-corrected chi connectivity index (χ2v) is 8.21. The lowest BCUT2D eigenvalue weighted by atomic mass is 9.92. The maximum absolute atomic E-state index is 11.8. The van der Waals surface area contributed by atoms with E-state index in [9.17, 15) is 4.79 Å². The molecular formula is C23H46O2. The molecule has 0 bridgehead atoms. The Bertz CT molecular complexity index is 274. The number of esters is 1. The highest BCUT2D eigenvalue weighted by Crippen LogP contribution is 2.21. The standard InChI is InChI=1S/C23H46O2/c1-5-7-9-11-16-22(17-12-10-8-6-2)19-20-25-23(24)18-14-13-15-21(3)4/h21-22H,5-20H2,1-4H3. The molecule has 0 aliphatic rings. The van der Waals surface area contributed by atoms with Gasteiger partial charge < -0.3 is 4.74 Å². The number of carbonyl (C=O) groups excluding carboxylic acids is 1. The van der Waals surface area contributed by atoms with Gasteiger partial charge in [0.25, 0.3) is 0 Å². The molecule has 0 aromatic heterocycles. The number of hydrogen-bond donors (Lipinski definition) is 0. The Hall–Kier alpha value is -0.530. The molecule has 0 aliphatic heterocycles. The fourth-order valence-corrected chi connectivity index (χ4v) is 3.39. The summed E-state index contributed by atoms with van der Waals surface area (Å²) in [6.45, 7) is 9.64. The van der Waals surface area contributed by atoms with Crippen molar-refractivity contribution < 1.29 is 9.53 Å². The number of hydrogen-bond acceptors (Lipinski definition) is 2. The van der Waals surface area contributed by atoms with Crippen molar-refractivity contribution in [2.45, 2.75) is 124 Å². The molecule has 0 heterocycles. The highest BCUT2D eigenvalue weighted by atomic mass is 16.5. The Kier molecular flexibility index (Phi) is 17.9. The molecule has 0 radical (unpaired) electrons. The first-order valence-electron chi connectivity index (χ1n) is 11.3. The van der Waals surface area contributed by atoms with Gasteiger partial charge in [-0.1, -0.05) is 105 Å². The second-order valence-electron chi connectivity index (χ2n) is 8.21. The van der Waals surface area contributed by atoms with Crippen LogP contribution in [0.3, 0.4) is 0 Å². The molecule has 0 saturated carbocycles. The highest BCUT2D eigenvalue weighted by Gasteiger charge is 2.10. The molecule has 0 atom stereocenters. The first kappa shape index (κ1) is 24.5. The van der Waals surface area contributed by atoms with Gasteiger partial charge in [0.05, 0.1) is 6.61 Å². The van der Waals surface area contributed by atoms with E-state index in [1.54, 1.807) is 0 Å². The molecular weight excluding hydrogens is 308 g/mol. The van der Waals surface area contributed by atoms with E-state index < -0.39 is 0 Å². The molecule has 0 rings (SSSR count). The van der Waals surface area contributed by atoms with Gasteiger partial charge in [-0.3, -0.25) is 4.79 Å². The SMILES string of the molecule is CCCCCCC(CCCCCC)CCOC(=O)CCCCC(C)C. The quantitative estimate of drug-likeness (QED) is 0.186. The molecule has 0 amide bonds. The minimum Gasteiger partial charge on any atom is -0.466 e. The minimum absolute atomic E-state index is 0.0134. The van der Waals surface area contributed by atoms with Crippen LogP contribution in [0.2, 0.25) is 0 Å². The number of carbonyl (C=O) groups is 1. The number of unbranched alkanes of at least 4 members (excludes halogenated alkanes) is 7. The monoisotopic (exact) mass is 354 g/mol. The van der Waals surface area contributed by atoms with Crippen molar-refractivity contribution in [1.82, 2.24) is 0 Å². The number of rotatable bonds is 18. The Morgan fingerprint density at radius 3 is 1.80 bits per heavy atom. The van der Waals surface area contributed by atoms with Crippen molar-refractivity contribution in [3.05, 3.63) is 0 Å². The van der Waals surface area contributed by atoms with Gasteiger partial charge in [0.15, 0.2) is 0 Å². The van der Waals surface area contributed by atoms with Gasteiger partial charge >= 0.3 is 5.97 Å². The van der Waals surface area contributed by atoms with E-state index in [1.807, 2.05) is 0 Å². The summed E-state index contributed by atoms with van der Waals surface area (Å²) in [5.74, 6) is 1.50. The van der Waals surface area contributed by atoms with Gasteiger partial charge in [0, 0.05) is 6.42 Å². The van der Waals surface area contributed by atoms with Gasteiger partial charge in [0.1, 0.15) is 0 Å². The maximum Gasteiger partial charge on any atom is 0.305 e. The van der Waals surface area contributed by atoms with Crippen LogP contribution in [0.4, 0.5) is 0 Å². The van der Waals surface area contributed by atoms with E-state index in [0.717, 1.165) is 31.1 Å². The summed E-state index contributed by atoms with van der Waals surface area (Å²) in [5, 5.41) is 0. The molecule has 2 heteroatoms. The second kappa shape index (κ2) is 18.3. The Balaban J connectivity index is 3.86. The fourth-order valence-electron chi connectivity index (χ4n) is 3.39. The van der Waals surface area contributed by atoms with E-state index in [2.05, 4.69) is 27.7 Å². The number of ether oxygens (including phenoxy) is 1. The normalized spacial score (nSPS) is 11.4. The van der Waals surface area contributed by atoms with Crippen LogP contribution in [0.5, 0.6) is 0 Å².